The predicted molar refractivity (Wildman–Crippen MR) is 123 cm³/mol. The summed E-state index contributed by atoms with van der Waals surface area (Å²) in [5.74, 6) is 1.06. The Balaban J connectivity index is 1.56. The van der Waals surface area contributed by atoms with Crippen molar-refractivity contribution in [2.24, 2.45) is 0 Å². The minimum atomic E-state index is -0.968. The molecular weight excluding hydrogens is 422 g/mol. The molecule has 1 aliphatic heterocycles. The molecule has 4 rings (SSSR count). The monoisotopic (exact) mass is 451 g/mol. The Bertz CT molecular complexity index is 1090. The number of aliphatic hydroxyl groups excluding tert-OH is 1. The van der Waals surface area contributed by atoms with Crippen LogP contribution in [0.4, 0.5) is 0 Å². The fourth-order valence-corrected chi connectivity index (χ4v) is 4.08. The molecule has 0 bridgehead atoms. The summed E-state index contributed by atoms with van der Waals surface area (Å²) in [5.41, 5.74) is 2.56. The summed E-state index contributed by atoms with van der Waals surface area (Å²) >= 11 is 0. The average Bonchev–Trinajstić information content (AvgIpc) is 3.30. The molecule has 2 aromatic carbocycles. The summed E-state index contributed by atoms with van der Waals surface area (Å²) in [5, 5.41) is 14.4. The molecule has 1 atom stereocenters. The Hall–Kier alpha value is -3.36. The van der Waals surface area contributed by atoms with Crippen LogP contribution in [0.5, 0.6) is 11.5 Å². The van der Waals surface area contributed by atoms with Crippen molar-refractivity contribution in [1.29, 1.82) is 0 Å². The van der Waals surface area contributed by atoms with Gasteiger partial charge < -0.3 is 24.0 Å². The van der Waals surface area contributed by atoms with Gasteiger partial charge in [0, 0.05) is 38.3 Å². The second-order valence-corrected chi connectivity index (χ2v) is 8.07. The van der Waals surface area contributed by atoms with Crippen LogP contribution in [0.1, 0.15) is 34.7 Å². The van der Waals surface area contributed by atoms with Gasteiger partial charge in [-0.15, -0.1) is 0 Å². The standard InChI is InChI=1S/C25H29N3O5/c1-17(29)24-22(23(26-33-24)19-9-10-20(31-2)21(15-19)32-3)25(30)28-13-11-27(12-14-28)16-18-7-5-4-6-8-18/h4-10,15,17,29H,11-14,16H2,1-3H3/t17-/m0/s1. The molecule has 0 unspecified atom stereocenters. The minimum absolute atomic E-state index is 0.163. The molecule has 1 saturated heterocycles. The molecule has 3 aromatic rings. The third kappa shape index (κ3) is 4.86. The van der Waals surface area contributed by atoms with Gasteiger partial charge in [-0.25, -0.2) is 0 Å². The highest BCUT2D eigenvalue weighted by Crippen LogP contribution is 2.36. The van der Waals surface area contributed by atoms with Crippen LogP contribution >= 0.6 is 0 Å². The van der Waals surface area contributed by atoms with E-state index in [0.29, 0.717) is 35.8 Å². The summed E-state index contributed by atoms with van der Waals surface area (Å²) in [6, 6.07) is 15.6. The van der Waals surface area contributed by atoms with Crippen LogP contribution in [0.25, 0.3) is 11.3 Å². The Morgan fingerprint density at radius 1 is 1.06 bits per heavy atom. The van der Waals surface area contributed by atoms with E-state index in [1.807, 2.05) is 18.2 Å². The third-order valence-electron chi connectivity index (χ3n) is 5.88. The molecule has 33 heavy (non-hydrogen) atoms. The van der Waals surface area contributed by atoms with E-state index in [-0.39, 0.29) is 17.2 Å². The van der Waals surface area contributed by atoms with Crippen LogP contribution in [-0.4, -0.2) is 66.4 Å². The average molecular weight is 452 g/mol. The van der Waals surface area contributed by atoms with E-state index in [2.05, 4.69) is 22.2 Å². The normalized spacial score (nSPS) is 15.3. The zero-order chi connectivity index (χ0) is 23.4. The number of carbonyl (C=O) groups excluding carboxylic acids is 1. The van der Waals surface area contributed by atoms with E-state index < -0.39 is 6.10 Å². The first-order valence-corrected chi connectivity index (χ1v) is 11.0. The van der Waals surface area contributed by atoms with Crippen molar-refractivity contribution in [3.63, 3.8) is 0 Å². The number of methoxy groups -OCH3 is 2. The van der Waals surface area contributed by atoms with Crippen LogP contribution in [0.2, 0.25) is 0 Å². The zero-order valence-electron chi connectivity index (χ0n) is 19.2. The van der Waals surface area contributed by atoms with E-state index in [9.17, 15) is 9.90 Å². The summed E-state index contributed by atoms with van der Waals surface area (Å²) < 4.78 is 16.1. The highest BCUT2D eigenvalue weighted by atomic mass is 16.5. The number of benzene rings is 2. The molecule has 0 spiro atoms. The van der Waals surface area contributed by atoms with Gasteiger partial charge in [-0.05, 0) is 30.7 Å². The van der Waals surface area contributed by atoms with Crippen molar-refractivity contribution in [1.82, 2.24) is 15.0 Å². The molecule has 8 heteroatoms. The number of piperazine rings is 1. The van der Waals surface area contributed by atoms with Crippen molar-refractivity contribution in [3.8, 4) is 22.8 Å². The Morgan fingerprint density at radius 3 is 2.39 bits per heavy atom. The van der Waals surface area contributed by atoms with Crippen molar-refractivity contribution in [2.75, 3.05) is 40.4 Å². The maximum absolute atomic E-state index is 13.6. The largest absolute Gasteiger partial charge is 0.493 e. The quantitative estimate of drug-likeness (QED) is 0.589. The maximum Gasteiger partial charge on any atom is 0.259 e. The highest BCUT2D eigenvalue weighted by molar-refractivity contribution is 6.01. The molecule has 1 aliphatic rings. The van der Waals surface area contributed by atoms with Crippen molar-refractivity contribution < 1.29 is 23.9 Å². The molecule has 1 fully saturated rings. The molecule has 0 saturated carbocycles. The fourth-order valence-electron chi connectivity index (χ4n) is 4.08. The lowest BCUT2D eigenvalue weighted by Crippen LogP contribution is -2.48. The van der Waals surface area contributed by atoms with Gasteiger partial charge in [0.1, 0.15) is 17.4 Å². The predicted octanol–water partition coefficient (Wildman–Crippen LogP) is 3.37. The molecule has 174 valence electrons. The van der Waals surface area contributed by atoms with Gasteiger partial charge in [-0.2, -0.15) is 0 Å². The van der Waals surface area contributed by atoms with Crippen LogP contribution < -0.4 is 9.47 Å². The SMILES string of the molecule is COc1ccc(-c2noc([C@H](C)O)c2C(=O)N2CCN(Cc3ccccc3)CC2)cc1OC. The molecule has 0 radical (unpaired) electrons. The first kappa shape index (κ1) is 22.8. The Kier molecular flexibility index (Phi) is 6.96. The zero-order valence-corrected chi connectivity index (χ0v) is 19.2. The smallest absolute Gasteiger partial charge is 0.259 e. The summed E-state index contributed by atoms with van der Waals surface area (Å²) in [6.45, 7) is 5.12. The van der Waals surface area contributed by atoms with E-state index in [4.69, 9.17) is 14.0 Å². The van der Waals surface area contributed by atoms with Crippen LogP contribution in [0.3, 0.4) is 0 Å². The first-order chi connectivity index (χ1) is 16.0. The first-order valence-electron chi connectivity index (χ1n) is 11.0. The number of aromatic nitrogens is 1. The molecule has 0 aliphatic carbocycles. The lowest BCUT2D eigenvalue weighted by molar-refractivity contribution is 0.0619. The third-order valence-corrected chi connectivity index (χ3v) is 5.88. The van der Waals surface area contributed by atoms with Gasteiger partial charge in [-0.3, -0.25) is 9.69 Å². The van der Waals surface area contributed by atoms with Crippen molar-refractivity contribution in [2.45, 2.75) is 19.6 Å². The summed E-state index contributed by atoms with van der Waals surface area (Å²) in [7, 11) is 3.11. The van der Waals surface area contributed by atoms with Crippen LogP contribution in [0, 0.1) is 0 Å². The van der Waals surface area contributed by atoms with E-state index in [0.717, 1.165) is 19.6 Å². The van der Waals surface area contributed by atoms with E-state index >= 15 is 0 Å². The number of rotatable bonds is 7. The molecular formula is C25H29N3O5. The molecule has 1 N–H and O–H groups in total. The van der Waals surface area contributed by atoms with Gasteiger partial charge in [-0.1, -0.05) is 35.5 Å². The fraction of sp³-hybridized carbons (Fsp3) is 0.360. The van der Waals surface area contributed by atoms with Crippen molar-refractivity contribution in [3.05, 3.63) is 65.4 Å². The number of aliphatic hydroxyl groups is 1. The van der Waals surface area contributed by atoms with Gasteiger partial charge >= 0.3 is 0 Å². The number of amides is 1. The number of carbonyl (C=O) groups is 1. The number of hydrogen-bond donors (Lipinski definition) is 1. The molecule has 1 aromatic heterocycles. The molecule has 2 heterocycles. The lowest BCUT2D eigenvalue weighted by atomic mass is 10.0. The number of ether oxygens (including phenoxy) is 2. The maximum atomic E-state index is 13.6. The van der Waals surface area contributed by atoms with Gasteiger partial charge in [0.15, 0.2) is 17.3 Å². The Labute approximate surface area is 193 Å². The van der Waals surface area contributed by atoms with Gasteiger partial charge in [0.2, 0.25) is 0 Å². The van der Waals surface area contributed by atoms with E-state index in [1.54, 1.807) is 44.2 Å². The van der Waals surface area contributed by atoms with E-state index in [1.165, 1.54) is 5.56 Å². The minimum Gasteiger partial charge on any atom is -0.493 e. The van der Waals surface area contributed by atoms with Crippen molar-refractivity contribution >= 4 is 5.91 Å². The lowest BCUT2D eigenvalue weighted by Gasteiger charge is -2.34. The van der Waals surface area contributed by atoms with Gasteiger partial charge in [0.25, 0.3) is 5.91 Å². The summed E-state index contributed by atoms with van der Waals surface area (Å²) in [4.78, 5) is 17.7. The second-order valence-electron chi connectivity index (χ2n) is 8.07. The molecule has 1 amide bonds. The topological polar surface area (TPSA) is 88.3 Å². The second kappa shape index (κ2) is 10.1. The van der Waals surface area contributed by atoms with Crippen LogP contribution in [-0.2, 0) is 6.54 Å². The number of nitrogens with zero attached hydrogens (tertiary/aromatic N) is 3. The van der Waals surface area contributed by atoms with Crippen LogP contribution in [0.15, 0.2) is 53.1 Å². The molecule has 8 nitrogen and oxygen atoms in total. The highest BCUT2D eigenvalue weighted by Gasteiger charge is 2.32. The number of hydrogen-bond acceptors (Lipinski definition) is 7. The summed E-state index contributed by atoms with van der Waals surface area (Å²) in [6.07, 6.45) is -0.968. The Morgan fingerprint density at radius 2 is 1.76 bits per heavy atom. The van der Waals surface area contributed by atoms with Gasteiger partial charge in [0.05, 0.1) is 14.2 Å².